The number of aromatic nitrogens is 2. The van der Waals surface area contributed by atoms with Crippen LogP contribution in [0, 0.1) is 6.92 Å². The Bertz CT molecular complexity index is 573. The highest BCUT2D eigenvalue weighted by molar-refractivity contribution is 5.86. The first-order valence-corrected chi connectivity index (χ1v) is 6.08. The van der Waals surface area contributed by atoms with Crippen LogP contribution in [0.25, 0.3) is 0 Å². The summed E-state index contributed by atoms with van der Waals surface area (Å²) in [5.41, 5.74) is 1.76. The lowest BCUT2D eigenvalue weighted by Crippen LogP contribution is -2.10. The summed E-state index contributed by atoms with van der Waals surface area (Å²) in [5, 5.41) is 9.15. The van der Waals surface area contributed by atoms with E-state index in [-0.39, 0.29) is 5.69 Å². The van der Waals surface area contributed by atoms with Gasteiger partial charge in [0.25, 0.3) is 0 Å². The van der Waals surface area contributed by atoms with E-state index in [9.17, 15) is 4.79 Å². The van der Waals surface area contributed by atoms with Crippen LogP contribution < -0.4 is 4.74 Å². The summed E-state index contributed by atoms with van der Waals surface area (Å²) in [4.78, 5) is 15.2. The predicted molar refractivity (Wildman–Crippen MR) is 70.6 cm³/mol. The van der Waals surface area contributed by atoms with Crippen molar-refractivity contribution < 1.29 is 14.6 Å². The fraction of sp³-hybridized carbons (Fsp3) is 0.286. The molecule has 0 saturated carbocycles. The van der Waals surface area contributed by atoms with Crippen LogP contribution >= 0.6 is 0 Å². The lowest BCUT2D eigenvalue weighted by atomic mass is 10.2. The Labute approximate surface area is 111 Å². The number of imidazole rings is 1. The molecular formula is C14H16N2O3. The van der Waals surface area contributed by atoms with Gasteiger partial charge in [-0.1, -0.05) is 12.1 Å². The molecule has 0 aliphatic rings. The molecule has 19 heavy (non-hydrogen) atoms. The Balaban J connectivity index is 2.19. The van der Waals surface area contributed by atoms with Gasteiger partial charge in [0.2, 0.25) is 0 Å². The molecule has 0 saturated heterocycles. The molecule has 0 aliphatic carbocycles. The van der Waals surface area contributed by atoms with Crippen LogP contribution in [-0.4, -0.2) is 27.2 Å². The largest absolute Gasteiger partial charge is 0.494 e. The zero-order chi connectivity index (χ0) is 13.8. The van der Waals surface area contributed by atoms with E-state index in [0.29, 0.717) is 18.8 Å². The Morgan fingerprint density at radius 2 is 2.05 bits per heavy atom. The summed E-state index contributed by atoms with van der Waals surface area (Å²) in [6.45, 7) is 4.73. The molecule has 5 heteroatoms. The van der Waals surface area contributed by atoms with Crippen LogP contribution in [0.4, 0.5) is 0 Å². The minimum atomic E-state index is -0.957. The third-order valence-electron chi connectivity index (χ3n) is 2.81. The van der Waals surface area contributed by atoms with Crippen molar-refractivity contribution in [2.75, 3.05) is 6.61 Å². The lowest BCUT2D eigenvalue weighted by Gasteiger charge is -2.07. The van der Waals surface area contributed by atoms with Crippen LogP contribution in [0.15, 0.2) is 30.6 Å². The molecule has 100 valence electrons. The average molecular weight is 260 g/mol. The number of ether oxygens (including phenoxy) is 1. The molecule has 0 atom stereocenters. The Morgan fingerprint density at radius 1 is 1.37 bits per heavy atom. The highest BCUT2D eigenvalue weighted by Gasteiger charge is 2.14. The van der Waals surface area contributed by atoms with E-state index < -0.39 is 5.97 Å². The van der Waals surface area contributed by atoms with E-state index in [1.54, 1.807) is 17.8 Å². The lowest BCUT2D eigenvalue weighted by molar-refractivity contribution is 0.0685. The quantitative estimate of drug-likeness (QED) is 0.896. The molecule has 1 heterocycles. The molecule has 0 amide bonds. The molecule has 1 aromatic carbocycles. The first-order valence-electron chi connectivity index (χ1n) is 6.08. The number of carboxylic acid groups (broad SMARTS) is 1. The van der Waals surface area contributed by atoms with E-state index in [4.69, 9.17) is 9.84 Å². The monoisotopic (exact) mass is 260 g/mol. The number of rotatable bonds is 5. The van der Waals surface area contributed by atoms with Gasteiger partial charge in [-0.15, -0.1) is 0 Å². The van der Waals surface area contributed by atoms with Gasteiger partial charge in [0.15, 0.2) is 0 Å². The van der Waals surface area contributed by atoms with E-state index in [2.05, 4.69) is 4.98 Å². The minimum Gasteiger partial charge on any atom is -0.494 e. The van der Waals surface area contributed by atoms with Crippen LogP contribution in [-0.2, 0) is 6.54 Å². The zero-order valence-electron chi connectivity index (χ0n) is 11.0. The van der Waals surface area contributed by atoms with E-state index in [1.807, 2.05) is 31.2 Å². The highest BCUT2D eigenvalue weighted by atomic mass is 16.5. The van der Waals surface area contributed by atoms with Crippen molar-refractivity contribution in [3.8, 4) is 5.75 Å². The van der Waals surface area contributed by atoms with Gasteiger partial charge in [0.1, 0.15) is 11.4 Å². The molecule has 2 rings (SSSR count). The number of hydrogen-bond acceptors (Lipinski definition) is 3. The van der Waals surface area contributed by atoms with Gasteiger partial charge in [-0.05, 0) is 31.5 Å². The van der Waals surface area contributed by atoms with Crippen molar-refractivity contribution in [1.82, 2.24) is 9.55 Å². The number of carboxylic acids is 1. The van der Waals surface area contributed by atoms with Crippen molar-refractivity contribution in [2.24, 2.45) is 0 Å². The fourth-order valence-corrected chi connectivity index (χ4v) is 1.93. The first kappa shape index (κ1) is 13.1. The van der Waals surface area contributed by atoms with Crippen molar-refractivity contribution in [1.29, 1.82) is 0 Å². The predicted octanol–water partition coefficient (Wildman–Crippen LogP) is 2.34. The molecule has 0 unspecified atom stereocenters. The molecule has 2 aromatic rings. The second-order valence-electron chi connectivity index (χ2n) is 4.19. The summed E-state index contributed by atoms with van der Waals surface area (Å²) < 4.78 is 7.00. The summed E-state index contributed by atoms with van der Waals surface area (Å²) in [5.74, 6) is -0.146. The van der Waals surface area contributed by atoms with E-state index >= 15 is 0 Å². The molecule has 1 aromatic heterocycles. The molecule has 0 aliphatic heterocycles. The second kappa shape index (κ2) is 5.56. The van der Waals surface area contributed by atoms with Gasteiger partial charge in [-0.3, -0.25) is 0 Å². The smallest absolute Gasteiger partial charge is 0.354 e. The molecule has 0 fully saturated rings. The number of aromatic carboxylic acids is 1. The molecule has 0 spiro atoms. The van der Waals surface area contributed by atoms with Crippen molar-refractivity contribution in [3.05, 3.63) is 47.5 Å². The molecule has 1 N–H and O–H groups in total. The Morgan fingerprint density at radius 3 is 2.63 bits per heavy atom. The van der Waals surface area contributed by atoms with Gasteiger partial charge >= 0.3 is 5.97 Å². The highest BCUT2D eigenvalue weighted by Crippen LogP contribution is 2.15. The van der Waals surface area contributed by atoms with Crippen LogP contribution in [0.1, 0.15) is 28.7 Å². The second-order valence-corrected chi connectivity index (χ2v) is 4.19. The number of hydrogen-bond donors (Lipinski definition) is 1. The van der Waals surface area contributed by atoms with Crippen LogP contribution in [0.2, 0.25) is 0 Å². The number of nitrogens with zero attached hydrogens (tertiary/aromatic N) is 2. The summed E-state index contributed by atoms with van der Waals surface area (Å²) in [6.07, 6.45) is 1.55. The van der Waals surface area contributed by atoms with Gasteiger partial charge in [0.05, 0.1) is 18.6 Å². The molecule has 0 bridgehead atoms. The van der Waals surface area contributed by atoms with Crippen molar-refractivity contribution in [2.45, 2.75) is 20.4 Å². The standard InChI is InChI=1S/C14H16N2O3/c1-3-19-12-6-4-11(5-7-12)8-16-9-15-10(2)13(16)14(17)18/h4-7,9H,3,8H2,1-2H3,(H,17,18). The van der Waals surface area contributed by atoms with Crippen LogP contribution in [0.5, 0.6) is 5.75 Å². The third kappa shape index (κ3) is 2.93. The van der Waals surface area contributed by atoms with Gasteiger partial charge in [-0.25, -0.2) is 9.78 Å². The maximum Gasteiger partial charge on any atom is 0.354 e. The van der Waals surface area contributed by atoms with E-state index in [1.165, 1.54) is 0 Å². The van der Waals surface area contributed by atoms with Crippen molar-refractivity contribution in [3.63, 3.8) is 0 Å². The summed E-state index contributed by atoms with van der Waals surface area (Å²) >= 11 is 0. The third-order valence-corrected chi connectivity index (χ3v) is 2.81. The number of benzene rings is 1. The zero-order valence-corrected chi connectivity index (χ0v) is 11.0. The van der Waals surface area contributed by atoms with Crippen LogP contribution in [0.3, 0.4) is 0 Å². The molecule has 5 nitrogen and oxygen atoms in total. The maximum atomic E-state index is 11.2. The Kier molecular flexibility index (Phi) is 3.85. The fourth-order valence-electron chi connectivity index (χ4n) is 1.93. The number of aryl methyl sites for hydroxylation is 1. The normalized spacial score (nSPS) is 10.4. The maximum absolute atomic E-state index is 11.2. The summed E-state index contributed by atoms with van der Waals surface area (Å²) in [6, 6.07) is 7.60. The van der Waals surface area contributed by atoms with Gasteiger partial charge < -0.3 is 14.4 Å². The Hall–Kier alpha value is -2.30. The number of carbonyl (C=O) groups is 1. The minimum absolute atomic E-state index is 0.230. The van der Waals surface area contributed by atoms with E-state index in [0.717, 1.165) is 11.3 Å². The average Bonchev–Trinajstić information content (AvgIpc) is 2.73. The van der Waals surface area contributed by atoms with Gasteiger partial charge in [-0.2, -0.15) is 0 Å². The first-order chi connectivity index (χ1) is 9.11. The summed E-state index contributed by atoms with van der Waals surface area (Å²) in [7, 11) is 0. The van der Waals surface area contributed by atoms with Gasteiger partial charge in [0, 0.05) is 6.54 Å². The molecular weight excluding hydrogens is 244 g/mol. The van der Waals surface area contributed by atoms with Crippen molar-refractivity contribution >= 4 is 5.97 Å². The topological polar surface area (TPSA) is 64.4 Å². The SMILES string of the molecule is CCOc1ccc(Cn2cnc(C)c2C(=O)O)cc1. The molecule has 0 radical (unpaired) electrons.